The van der Waals surface area contributed by atoms with Crippen molar-refractivity contribution >= 4 is 0 Å². The molecule has 0 N–H and O–H groups in total. The van der Waals surface area contributed by atoms with Crippen molar-refractivity contribution in [3.63, 3.8) is 0 Å². The molecule has 168 valence electrons. The molecule has 2 aromatic carbocycles. The summed E-state index contributed by atoms with van der Waals surface area (Å²) in [6.07, 6.45) is 3.08. The molecule has 2 aliphatic rings. The van der Waals surface area contributed by atoms with Gasteiger partial charge in [-0.3, -0.25) is 4.90 Å². The van der Waals surface area contributed by atoms with Gasteiger partial charge in [0.05, 0.1) is 18.8 Å². The monoisotopic (exact) mass is 430 g/mol. The van der Waals surface area contributed by atoms with Gasteiger partial charge < -0.3 is 4.74 Å². The van der Waals surface area contributed by atoms with Crippen molar-refractivity contribution in [1.29, 1.82) is 0 Å². The van der Waals surface area contributed by atoms with Gasteiger partial charge in [-0.05, 0) is 41.4 Å². The van der Waals surface area contributed by atoms with Crippen LogP contribution in [0.5, 0.6) is 0 Å². The molecule has 1 aromatic heterocycles. The minimum Gasteiger partial charge on any atom is -0.370 e. The van der Waals surface area contributed by atoms with Crippen molar-refractivity contribution in [2.45, 2.75) is 57.6 Å². The van der Waals surface area contributed by atoms with Crippen LogP contribution in [-0.4, -0.2) is 39.4 Å². The first-order chi connectivity index (χ1) is 15.3. The summed E-state index contributed by atoms with van der Waals surface area (Å²) in [5.74, 6) is 1.82. The smallest absolute Gasteiger partial charge is 0.165 e. The van der Waals surface area contributed by atoms with Crippen LogP contribution in [0.1, 0.15) is 56.1 Å². The van der Waals surface area contributed by atoms with Crippen molar-refractivity contribution in [2.24, 2.45) is 7.05 Å². The Hall–Kier alpha value is -2.50. The molecule has 2 aliphatic heterocycles. The molecule has 1 saturated heterocycles. The number of piperidine rings is 1. The van der Waals surface area contributed by atoms with E-state index >= 15 is 0 Å². The highest BCUT2D eigenvalue weighted by atomic mass is 16.5. The number of nitrogens with zero attached hydrogens (tertiary/aromatic N) is 4. The Morgan fingerprint density at radius 2 is 1.72 bits per heavy atom. The van der Waals surface area contributed by atoms with Gasteiger partial charge in [-0.25, -0.2) is 9.67 Å². The van der Waals surface area contributed by atoms with E-state index in [9.17, 15) is 0 Å². The quantitative estimate of drug-likeness (QED) is 0.596. The number of likely N-dealkylation sites (tertiary alicyclic amines) is 1. The van der Waals surface area contributed by atoms with Gasteiger partial charge in [-0.1, -0.05) is 69.3 Å². The zero-order valence-electron chi connectivity index (χ0n) is 19.8. The Kier molecular flexibility index (Phi) is 5.42. The molecule has 0 saturated carbocycles. The first kappa shape index (κ1) is 21.4. The molecule has 32 heavy (non-hydrogen) atoms. The van der Waals surface area contributed by atoms with Gasteiger partial charge in [0.1, 0.15) is 0 Å². The third-order valence-electron chi connectivity index (χ3n) is 7.10. The molecule has 5 nitrogen and oxygen atoms in total. The van der Waals surface area contributed by atoms with Crippen LogP contribution in [0.15, 0.2) is 48.5 Å². The Labute approximate surface area is 191 Å². The lowest BCUT2D eigenvalue weighted by Crippen LogP contribution is -2.46. The zero-order valence-corrected chi connectivity index (χ0v) is 19.8. The predicted molar refractivity (Wildman–Crippen MR) is 127 cm³/mol. The Balaban J connectivity index is 1.27. The summed E-state index contributed by atoms with van der Waals surface area (Å²) in [5.41, 5.74) is 5.35. The second-order valence-corrected chi connectivity index (χ2v) is 10.3. The van der Waals surface area contributed by atoms with Gasteiger partial charge in [-0.15, -0.1) is 0 Å². The van der Waals surface area contributed by atoms with E-state index in [1.165, 1.54) is 16.7 Å². The van der Waals surface area contributed by atoms with Gasteiger partial charge in [0.15, 0.2) is 11.6 Å². The molecule has 0 atom stereocenters. The number of benzene rings is 2. The summed E-state index contributed by atoms with van der Waals surface area (Å²) in [4.78, 5) is 7.35. The van der Waals surface area contributed by atoms with E-state index < -0.39 is 0 Å². The van der Waals surface area contributed by atoms with Crippen molar-refractivity contribution in [3.8, 4) is 11.4 Å². The number of hydrogen-bond acceptors (Lipinski definition) is 4. The standard InChI is InChI=1S/C27H34N4O/c1-26(2,3)22-11-9-21(10-12-22)25-28-24(29-30(25)4)19-31-16-14-27(15-17-31)23-8-6-5-7-20(23)13-18-32-27/h5-12H,13-19H2,1-4H3. The summed E-state index contributed by atoms with van der Waals surface area (Å²) in [6.45, 7) is 10.3. The fourth-order valence-electron chi connectivity index (χ4n) is 5.18. The van der Waals surface area contributed by atoms with E-state index in [1.54, 1.807) is 0 Å². The average Bonchev–Trinajstić information content (AvgIpc) is 3.15. The summed E-state index contributed by atoms with van der Waals surface area (Å²) < 4.78 is 8.29. The Morgan fingerprint density at radius 3 is 2.44 bits per heavy atom. The molecule has 0 bridgehead atoms. The van der Waals surface area contributed by atoms with Crippen LogP contribution in [0.3, 0.4) is 0 Å². The summed E-state index contributed by atoms with van der Waals surface area (Å²) in [7, 11) is 1.99. The molecule has 5 rings (SSSR count). The zero-order chi connectivity index (χ0) is 22.3. The van der Waals surface area contributed by atoms with Crippen molar-refractivity contribution in [2.75, 3.05) is 19.7 Å². The minimum atomic E-state index is -0.108. The van der Waals surface area contributed by atoms with E-state index in [0.29, 0.717) is 0 Å². The number of ether oxygens (including phenoxy) is 1. The molecule has 0 amide bonds. The number of aromatic nitrogens is 3. The van der Waals surface area contributed by atoms with E-state index in [0.717, 1.165) is 62.7 Å². The van der Waals surface area contributed by atoms with Crippen LogP contribution in [0.4, 0.5) is 0 Å². The highest BCUT2D eigenvalue weighted by Crippen LogP contribution is 2.41. The van der Waals surface area contributed by atoms with Crippen molar-refractivity contribution in [1.82, 2.24) is 19.7 Å². The Morgan fingerprint density at radius 1 is 1.00 bits per heavy atom. The summed E-state index contributed by atoms with van der Waals surface area (Å²) in [5, 5.41) is 4.72. The molecule has 5 heteroatoms. The molecule has 3 aromatic rings. The first-order valence-corrected chi connectivity index (χ1v) is 11.8. The first-order valence-electron chi connectivity index (χ1n) is 11.8. The minimum absolute atomic E-state index is 0.108. The van der Waals surface area contributed by atoms with Gasteiger partial charge in [0.2, 0.25) is 0 Å². The maximum absolute atomic E-state index is 6.38. The molecular weight excluding hydrogens is 396 g/mol. The van der Waals surface area contributed by atoms with Gasteiger partial charge in [0.25, 0.3) is 0 Å². The maximum Gasteiger partial charge on any atom is 0.165 e. The second kappa shape index (κ2) is 8.13. The van der Waals surface area contributed by atoms with E-state index in [2.05, 4.69) is 74.2 Å². The van der Waals surface area contributed by atoms with Crippen molar-refractivity contribution in [3.05, 3.63) is 71.0 Å². The third kappa shape index (κ3) is 4.00. The topological polar surface area (TPSA) is 43.2 Å². The summed E-state index contributed by atoms with van der Waals surface area (Å²) >= 11 is 0. The molecule has 1 fully saturated rings. The lowest BCUT2D eigenvalue weighted by molar-refractivity contribution is -0.0991. The van der Waals surface area contributed by atoms with Crippen LogP contribution in [-0.2, 0) is 35.8 Å². The van der Waals surface area contributed by atoms with Crippen molar-refractivity contribution < 1.29 is 4.74 Å². The van der Waals surface area contributed by atoms with E-state index in [1.807, 2.05) is 11.7 Å². The predicted octanol–water partition coefficient (Wildman–Crippen LogP) is 4.84. The molecule has 0 radical (unpaired) electrons. The highest BCUT2D eigenvalue weighted by Gasteiger charge is 2.40. The number of hydrogen-bond donors (Lipinski definition) is 0. The maximum atomic E-state index is 6.38. The fraction of sp³-hybridized carbons (Fsp3) is 0.481. The molecule has 0 unspecified atom stereocenters. The molecule has 3 heterocycles. The van der Waals surface area contributed by atoms with Gasteiger partial charge in [0, 0.05) is 25.7 Å². The second-order valence-electron chi connectivity index (χ2n) is 10.3. The van der Waals surface area contributed by atoms with Crippen LogP contribution in [0.25, 0.3) is 11.4 Å². The lowest BCUT2D eigenvalue weighted by atomic mass is 9.79. The summed E-state index contributed by atoms with van der Waals surface area (Å²) in [6, 6.07) is 17.6. The number of aryl methyl sites for hydroxylation is 1. The third-order valence-corrected chi connectivity index (χ3v) is 7.10. The molecular formula is C27H34N4O. The molecule has 1 spiro atoms. The van der Waals surface area contributed by atoms with E-state index in [-0.39, 0.29) is 11.0 Å². The van der Waals surface area contributed by atoms with E-state index in [4.69, 9.17) is 14.8 Å². The fourth-order valence-corrected chi connectivity index (χ4v) is 5.18. The Bertz CT molecular complexity index is 1090. The highest BCUT2D eigenvalue weighted by molar-refractivity contribution is 5.56. The van der Waals surface area contributed by atoms with Crippen LogP contribution < -0.4 is 0 Å². The molecule has 0 aliphatic carbocycles. The van der Waals surface area contributed by atoms with Gasteiger partial charge >= 0.3 is 0 Å². The number of rotatable bonds is 3. The number of fused-ring (bicyclic) bond motifs is 2. The van der Waals surface area contributed by atoms with Crippen LogP contribution >= 0.6 is 0 Å². The lowest BCUT2D eigenvalue weighted by Gasteiger charge is -2.44. The van der Waals surface area contributed by atoms with Crippen LogP contribution in [0.2, 0.25) is 0 Å². The van der Waals surface area contributed by atoms with Crippen LogP contribution in [0, 0.1) is 0 Å². The van der Waals surface area contributed by atoms with Gasteiger partial charge in [-0.2, -0.15) is 5.10 Å². The largest absolute Gasteiger partial charge is 0.370 e. The normalized spacial score (nSPS) is 18.6. The SMILES string of the molecule is Cn1nc(CN2CCC3(CC2)OCCc2ccccc23)nc1-c1ccc(C(C)(C)C)cc1. The average molecular weight is 431 g/mol.